The zero-order valence-corrected chi connectivity index (χ0v) is 11.7. The number of fused-ring (bicyclic) bond motifs is 1. The van der Waals surface area contributed by atoms with Gasteiger partial charge in [0.25, 0.3) is 0 Å². The van der Waals surface area contributed by atoms with Gasteiger partial charge in [-0.25, -0.2) is 0 Å². The number of hydrogen-bond donors (Lipinski definition) is 0. The van der Waals surface area contributed by atoms with Crippen LogP contribution in [0.4, 0.5) is 13.2 Å². The molecule has 0 atom stereocenters. The number of rotatable bonds is 3. The summed E-state index contributed by atoms with van der Waals surface area (Å²) in [7, 11) is -4.07. The maximum Gasteiger partial charge on any atom is 0.534 e. The van der Waals surface area contributed by atoms with Crippen molar-refractivity contribution in [3.8, 4) is 5.75 Å². The summed E-state index contributed by atoms with van der Waals surface area (Å²) in [4.78, 5) is 0. The van der Waals surface area contributed by atoms with E-state index in [9.17, 15) is 21.6 Å². The molecule has 0 N–H and O–H groups in total. The van der Waals surface area contributed by atoms with E-state index in [0.29, 0.717) is 5.52 Å². The van der Waals surface area contributed by atoms with Crippen molar-refractivity contribution in [3.63, 3.8) is 0 Å². The van der Waals surface area contributed by atoms with Gasteiger partial charge >= 0.3 is 15.6 Å². The fraction of sp³-hybridized carbons (Fsp3) is 0.417. The molecule has 5 nitrogen and oxygen atoms in total. The Labute approximate surface area is 118 Å². The summed E-state index contributed by atoms with van der Waals surface area (Å²) >= 11 is 0. The van der Waals surface area contributed by atoms with Gasteiger partial charge in [0.2, 0.25) is 0 Å². The van der Waals surface area contributed by atoms with E-state index in [1.54, 1.807) is 13.1 Å². The lowest BCUT2D eigenvalue weighted by Gasteiger charge is -2.11. The molecule has 0 saturated heterocycles. The van der Waals surface area contributed by atoms with Gasteiger partial charge in [-0.2, -0.15) is 26.7 Å². The van der Waals surface area contributed by atoms with Crippen LogP contribution in [0.2, 0.25) is 0 Å². The molecule has 3 rings (SSSR count). The Kier molecular flexibility index (Phi) is 2.94. The first-order valence-corrected chi connectivity index (χ1v) is 7.56. The summed E-state index contributed by atoms with van der Waals surface area (Å²) in [6.45, 7) is 0. The lowest BCUT2D eigenvalue weighted by molar-refractivity contribution is -0.0499. The molecule has 1 aromatic carbocycles. The molecule has 0 bridgehead atoms. The quantitative estimate of drug-likeness (QED) is 0.644. The molecule has 1 aromatic heterocycles. The van der Waals surface area contributed by atoms with E-state index < -0.39 is 15.6 Å². The van der Waals surface area contributed by atoms with E-state index in [-0.39, 0.29) is 17.1 Å². The minimum absolute atomic E-state index is 0.231. The highest BCUT2D eigenvalue weighted by atomic mass is 32.2. The van der Waals surface area contributed by atoms with Crippen LogP contribution in [0.3, 0.4) is 0 Å². The minimum Gasteiger partial charge on any atom is -0.375 e. The Morgan fingerprint density at radius 3 is 2.57 bits per heavy atom. The second-order valence-electron chi connectivity index (χ2n) is 4.98. The van der Waals surface area contributed by atoms with Crippen molar-refractivity contribution in [1.82, 2.24) is 9.78 Å². The van der Waals surface area contributed by atoms with Crippen molar-refractivity contribution >= 4 is 21.0 Å². The molecule has 0 amide bonds. The number of alkyl halides is 3. The van der Waals surface area contributed by atoms with Crippen LogP contribution in [0.1, 0.15) is 24.3 Å². The first kappa shape index (κ1) is 14.2. The molecule has 0 spiro atoms. The fourth-order valence-electron chi connectivity index (χ4n) is 2.12. The van der Waals surface area contributed by atoms with Gasteiger partial charge in [0.05, 0.1) is 17.1 Å². The van der Waals surface area contributed by atoms with Gasteiger partial charge in [0.15, 0.2) is 5.75 Å². The highest BCUT2D eigenvalue weighted by molar-refractivity contribution is 7.88. The van der Waals surface area contributed by atoms with Crippen LogP contribution in [0, 0.1) is 0 Å². The highest BCUT2D eigenvalue weighted by Crippen LogP contribution is 2.43. The van der Waals surface area contributed by atoms with Crippen molar-refractivity contribution in [1.29, 1.82) is 0 Å². The first-order chi connectivity index (χ1) is 9.69. The molecular formula is C12H11F3N2O3S. The zero-order chi connectivity index (χ0) is 15.4. The second kappa shape index (κ2) is 4.36. The van der Waals surface area contributed by atoms with Crippen LogP contribution < -0.4 is 4.18 Å². The van der Waals surface area contributed by atoms with Crippen LogP contribution in [0.5, 0.6) is 5.75 Å². The maximum atomic E-state index is 12.5. The summed E-state index contributed by atoms with van der Waals surface area (Å²) in [5.74, 6) is -0.0972. The summed E-state index contributed by atoms with van der Waals surface area (Å²) in [5, 5.41) is 4.16. The smallest absolute Gasteiger partial charge is 0.375 e. The largest absolute Gasteiger partial charge is 0.534 e. The normalized spacial score (nSPS) is 16.4. The third-order valence-electron chi connectivity index (χ3n) is 3.38. The number of benzene rings is 1. The average molecular weight is 320 g/mol. The molecule has 1 heterocycles. The maximum absolute atomic E-state index is 12.5. The van der Waals surface area contributed by atoms with Gasteiger partial charge in [-0.3, -0.25) is 4.68 Å². The molecular weight excluding hydrogens is 309 g/mol. The molecule has 1 aliphatic carbocycles. The summed E-state index contributed by atoms with van der Waals surface area (Å²) in [6, 6.07) is 3.15. The lowest BCUT2D eigenvalue weighted by Crippen LogP contribution is -2.28. The number of hydrogen-bond acceptors (Lipinski definition) is 4. The average Bonchev–Trinajstić information content (AvgIpc) is 3.13. The van der Waals surface area contributed by atoms with Crippen molar-refractivity contribution < 1.29 is 25.8 Å². The van der Waals surface area contributed by atoms with Crippen molar-refractivity contribution in [3.05, 3.63) is 23.9 Å². The van der Waals surface area contributed by atoms with E-state index in [1.165, 1.54) is 16.9 Å². The first-order valence-electron chi connectivity index (χ1n) is 6.15. The van der Waals surface area contributed by atoms with Gasteiger partial charge < -0.3 is 4.18 Å². The molecule has 1 aliphatic rings. The van der Waals surface area contributed by atoms with Crippen LogP contribution in [-0.2, 0) is 17.2 Å². The number of aromatic nitrogens is 2. The number of aryl methyl sites for hydroxylation is 1. The van der Waals surface area contributed by atoms with Gasteiger partial charge in [-0.1, -0.05) is 0 Å². The molecule has 2 aromatic rings. The molecule has 21 heavy (non-hydrogen) atoms. The predicted octanol–water partition coefficient (Wildman–Crippen LogP) is 2.68. The molecule has 0 aliphatic heterocycles. The zero-order valence-electron chi connectivity index (χ0n) is 10.9. The Balaban J connectivity index is 2.13. The lowest BCUT2D eigenvalue weighted by atomic mass is 10.1. The van der Waals surface area contributed by atoms with E-state index in [0.717, 1.165) is 18.4 Å². The van der Waals surface area contributed by atoms with Crippen molar-refractivity contribution in [2.75, 3.05) is 0 Å². The Bertz CT molecular complexity index is 807. The van der Waals surface area contributed by atoms with Crippen molar-refractivity contribution in [2.45, 2.75) is 24.3 Å². The standard InChI is InChI=1S/C12H11F3N2O3S/c1-17-10-4-8(7-2-3-7)5-11(9(10)6-16-17)20-21(18,19)12(13,14)15/h4-7H,2-3H2,1H3. The van der Waals surface area contributed by atoms with Gasteiger partial charge in [0.1, 0.15) is 0 Å². The summed E-state index contributed by atoms with van der Waals surface area (Å²) < 4.78 is 65.5. The third-order valence-corrected chi connectivity index (χ3v) is 4.35. The highest BCUT2D eigenvalue weighted by Gasteiger charge is 2.48. The monoisotopic (exact) mass is 320 g/mol. The van der Waals surface area contributed by atoms with E-state index >= 15 is 0 Å². The van der Waals surface area contributed by atoms with E-state index in [4.69, 9.17) is 0 Å². The Morgan fingerprint density at radius 2 is 2.00 bits per heavy atom. The molecule has 0 unspecified atom stereocenters. The predicted molar refractivity (Wildman–Crippen MR) is 68.3 cm³/mol. The van der Waals surface area contributed by atoms with Gasteiger partial charge in [-0.05, 0) is 36.5 Å². The van der Waals surface area contributed by atoms with Crippen LogP contribution in [0.15, 0.2) is 18.3 Å². The fourth-order valence-corrected chi connectivity index (χ4v) is 2.59. The molecule has 1 fully saturated rings. The molecule has 9 heteroatoms. The minimum atomic E-state index is -5.69. The second-order valence-corrected chi connectivity index (χ2v) is 6.52. The Morgan fingerprint density at radius 1 is 1.33 bits per heavy atom. The van der Waals surface area contributed by atoms with Crippen LogP contribution >= 0.6 is 0 Å². The molecule has 114 valence electrons. The van der Waals surface area contributed by atoms with Crippen LogP contribution in [0.25, 0.3) is 10.9 Å². The van der Waals surface area contributed by atoms with Gasteiger partial charge in [-0.15, -0.1) is 0 Å². The SMILES string of the molecule is Cn1ncc2c(OS(=O)(=O)C(F)(F)F)cc(C3CC3)cc21. The van der Waals surface area contributed by atoms with Crippen molar-refractivity contribution in [2.24, 2.45) is 7.05 Å². The van der Waals surface area contributed by atoms with Crippen LogP contribution in [-0.4, -0.2) is 23.7 Å². The van der Waals surface area contributed by atoms with E-state index in [2.05, 4.69) is 9.28 Å². The summed E-state index contributed by atoms with van der Waals surface area (Å²) in [5.41, 5.74) is -4.16. The summed E-state index contributed by atoms with van der Waals surface area (Å²) in [6.07, 6.45) is 3.14. The van der Waals surface area contributed by atoms with E-state index in [1.807, 2.05) is 0 Å². The third kappa shape index (κ3) is 2.45. The molecule has 1 saturated carbocycles. The molecule has 0 radical (unpaired) electrons. The van der Waals surface area contributed by atoms with Gasteiger partial charge in [0, 0.05) is 7.05 Å². The Hall–Kier alpha value is -1.77. The number of nitrogens with zero attached hydrogens (tertiary/aromatic N) is 2. The number of halogens is 3. The topological polar surface area (TPSA) is 61.2 Å².